The van der Waals surface area contributed by atoms with Gasteiger partial charge in [-0.2, -0.15) is 0 Å². The van der Waals surface area contributed by atoms with Gasteiger partial charge in [0, 0.05) is 31.9 Å². The molecule has 9 heteroatoms. The van der Waals surface area contributed by atoms with Crippen molar-refractivity contribution < 1.29 is 4.79 Å². The molecule has 1 aromatic carbocycles. The Labute approximate surface area is 173 Å². The summed E-state index contributed by atoms with van der Waals surface area (Å²) in [4.78, 5) is 18.4. The number of aromatic nitrogens is 4. The SMILES string of the molecule is Cc1ccc(-n2cnnc2SCC(=O)NCc2ccnc(N(C)C)c2)cc1Cl. The summed E-state index contributed by atoms with van der Waals surface area (Å²) in [6.07, 6.45) is 3.35. The van der Waals surface area contributed by atoms with Gasteiger partial charge in [0.05, 0.1) is 11.4 Å². The Morgan fingerprint density at radius 1 is 1.29 bits per heavy atom. The molecule has 3 rings (SSSR count). The van der Waals surface area contributed by atoms with E-state index in [2.05, 4.69) is 20.5 Å². The fraction of sp³-hybridized carbons (Fsp3) is 0.263. The second kappa shape index (κ2) is 9.07. The normalized spacial score (nSPS) is 10.7. The lowest BCUT2D eigenvalue weighted by atomic mass is 10.2. The van der Waals surface area contributed by atoms with Crippen LogP contribution in [0.15, 0.2) is 48.0 Å². The predicted octanol–water partition coefficient (Wildman–Crippen LogP) is 3.10. The largest absolute Gasteiger partial charge is 0.363 e. The van der Waals surface area contributed by atoms with Crippen LogP contribution in [0.25, 0.3) is 5.69 Å². The van der Waals surface area contributed by atoms with Gasteiger partial charge in [0.2, 0.25) is 5.91 Å². The van der Waals surface area contributed by atoms with Gasteiger partial charge < -0.3 is 10.2 Å². The van der Waals surface area contributed by atoms with Gasteiger partial charge in [0.25, 0.3) is 0 Å². The van der Waals surface area contributed by atoms with Crippen molar-refractivity contribution in [1.82, 2.24) is 25.1 Å². The number of carbonyl (C=O) groups is 1. The Morgan fingerprint density at radius 3 is 2.86 bits per heavy atom. The third-order valence-electron chi connectivity index (χ3n) is 4.04. The van der Waals surface area contributed by atoms with E-state index in [1.807, 2.05) is 60.8 Å². The first-order valence-corrected chi connectivity index (χ1v) is 9.98. The van der Waals surface area contributed by atoms with E-state index in [1.165, 1.54) is 11.8 Å². The number of nitrogens with zero attached hydrogens (tertiary/aromatic N) is 5. The molecule has 0 aliphatic rings. The van der Waals surface area contributed by atoms with E-state index in [4.69, 9.17) is 11.6 Å². The van der Waals surface area contributed by atoms with Crippen LogP contribution in [0, 0.1) is 6.92 Å². The Hall–Kier alpha value is -2.58. The highest BCUT2D eigenvalue weighted by Crippen LogP contribution is 2.23. The van der Waals surface area contributed by atoms with E-state index < -0.39 is 0 Å². The summed E-state index contributed by atoms with van der Waals surface area (Å²) in [7, 11) is 3.86. The molecule has 7 nitrogen and oxygen atoms in total. The Bertz CT molecular complexity index is 975. The number of benzene rings is 1. The van der Waals surface area contributed by atoms with E-state index >= 15 is 0 Å². The summed E-state index contributed by atoms with van der Waals surface area (Å²) < 4.78 is 1.81. The van der Waals surface area contributed by atoms with Crippen molar-refractivity contribution in [2.24, 2.45) is 0 Å². The Kier molecular flexibility index (Phi) is 6.53. The van der Waals surface area contributed by atoms with Crippen molar-refractivity contribution in [3.05, 3.63) is 59.0 Å². The fourth-order valence-electron chi connectivity index (χ4n) is 2.43. The number of hydrogen-bond acceptors (Lipinski definition) is 6. The van der Waals surface area contributed by atoms with E-state index in [1.54, 1.807) is 12.5 Å². The van der Waals surface area contributed by atoms with Crippen LogP contribution in [0.5, 0.6) is 0 Å². The molecule has 0 atom stereocenters. The van der Waals surface area contributed by atoms with E-state index in [-0.39, 0.29) is 11.7 Å². The molecule has 0 saturated heterocycles. The summed E-state index contributed by atoms with van der Waals surface area (Å²) in [6.45, 7) is 2.39. The number of hydrogen-bond donors (Lipinski definition) is 1. The number of anilines is 1. The number of aryl methyl sites for hydroxylation is 1. The molecule has 146 valence electrons. The minimum Gasteiger partial charge on any atom is -0.363 e. The Morgan fingerprint density at radius 2 is 2.11 bits per heavy atom. The first-order chi connectivity index (χ1) is 13.4. The summed E-state index contributed by atoms with van der Waals surface area (Å²) in [5.74, 6) is 1.01. The van der Waals surface area contributed by atoms with Crippen molar-refractivity contribution in [2.45, 2.75) is 18.6 Å². The number of nitrogens with one attached hydrogen (secondary N) is 1. The highest BCUT2D eigenvalue weighted by atomic mass is 35.5. The molecule has 0 bridgehead atoms. The maximum absolute atomic E-state index is 12.2. The highest BCUT2D eigenvalue weighted by Gasteiger charge is 2.11. The Balaban J connectivity index is 1.58. The molecule has 2 aromatic heterocycles. The smallest absolute Gasteiger partial charge is 0.230 e. The first kappa shape index (κ1) is 20.2. The molecular formula is C19H21ClN6OS. The topological polar surface area (TPSA) is 75.9 Å². The van der Waals surface area contributed by atoms with Crippen molar-refractivity contribution in [2.75, 3.05) is 24.7 Å². The van der Waals surface area contributed by atoms with Crippen LogP contribution in [0.2, 0.25) is 5.02 Å². The van der Waals surface area contributed by atoms with Gasteiger partial charge in [0.1, 0.15) is 12.1 Å². The number of rotatable bonds is 7. The average Bonchev–Trinajstić information content (AvgIpc) is 3.15. The maximum Gasteiger partial charge on any atom is 0.230 e. The van der Waals surface area contributed by atoms with Crippen LogP contribution in [0.4, 0.5) is 5.82 Å². The van der Waals surface area contributed by atoms with Crippen molar-refractivity contribution in [3.63, 3.8) is 0 Å². The van der Waals surface area contributed by atoms with Crippen molar-refractivity contribution >= 4 is 35.1 Å². The van der Waals surface area contributed by atoms with Crippen LogP contribution in [-0.2, 0) is 11.3 Å². The predicted molar refractivity (Wildman–Crippen MR) is 112 cm³/mol. The zero-order valence-corrected chi connectivity index (χ0v) is 17.5. The number of pyridine rings is 1. The molecule has 28 heavy (non-hydrogen) atoms. The molecule has 0 unspecified atom stereocenters. The van der Waals surface area contributed by atoms with Crippen LogP contribution < -0.4 is 10.2 Å². The van der Waals surface area contributed by atoms with Crippen molar-refractivity contribution in [1.29, 1.82) is 0 Å². The van der Waals surface area contributed by atoms with Gasteiger partial charge in [-0.1, -0.05) is 29.4 Å². The van der Waals surface area contributed by atoms with E-state index in [9.17, 15) is 4.79 Å². The molecule has 0 aliphatic carbocycles. The molecule has 0 fully saturated rings. The number of thioether (sulfide) groups is 1. The summed E-state index contributed by atoms with van der Waals surface area (Å²) >= 11 is 7.53. The molecule has 1 N–H and O–H groups in total. The minimum atomic E-state index is -0.0790. The molecule has 0 saturated carbocycles. The lowest BCUT2D eigenvalue weighted by molar-refractivity contribution is -0.118. The molecule has 3 aromatic rings. The third-order valence-corrected chi connectivity index (χ3v) is 5.39. The maximum atomic E-state index is 12.2. The summed E-state index contributed by atoms with van der Waals surface area (Å²) in [5, 5.41) is 12.3. The molecule has 0 aliphatic heterocycles. The van der Waals surface area contributed by atoms with Gasteiger partial charge >= 0.3 is 0 Å². The van der Waals surface area contributed by atoms with Gasteiger partial charge in [-0.15, -0.1) is 10.2 Å². The monoisotopic (exact) mass is 416 g/mol. The van der Waals surface area contributed by atoms with Gasteiger partial charge in [-0.05, 0) is 42.3 Å². The first-order valence-electron chi connectivity index (χ1n) is 8.62. The van der Waals surface area contributed by atoms with Gasteiger partial charge in [-0.3, -0.25) is 9.36 Å². The quantitative estimate of drug-likeness (QED) is 0.596. The highest BCUT2D eigenvalue weighted by molar-refractivity contribution is 7.99. The van der Waals surface area contributed by atoms with Crippen LogP contribution in [0.1, 0.15) is 11.1 Å². The zero-order valence-electron chi connectivity index (χ0n) is 15.9. The van der Waals surface area contributed by atoms with Crippen LogP contribution >= 0.6 is 23.4 Å². The fourth-order valence-corrected chi connectivity index (χ4v) is 3.36. The standard InChI is InChI=1S/C19H21ClN6OS/c1-13-4-5-15(9-16(13)20)26-12-23-24-19(26)28-11-18(27)22-10-14-6-7-21-17(8-14)25(2)3/h4-9,12H,10-11H2,1-3H3,(H,22,27). The molecule has 2 heterocycles. The van der Waals surface area contributed by atoms with Crippen LogP contribution in [-0.4, -0.2) is 45.5 Å². The summed E-state index contributed by atoms with van der Waals surface area (Å²) in [5.41, 5.74) is 2.85. The van der Waals surface area contributed by atoms with Gasteiger partial charge in [0.15, 0.2) is 5.16 Å². The second-order valence-corrected chi connectivity index (χ2v) is 7.75. The van der Waals surface area contributed by atoms with Crippen LogP contribution in [0.3, 0.4) is 0 Å². The number of amides is 1. The number of carbonyl (C=O) groups excluding carboxylic acids is 1. The van der Waals surface area contributed by atoms with E-state index in [0.29, 0.717) is 16.7 Å². The average molecular weight is 417 g/mol. The molecule has 0 spiro atoms. The summed E-state index contributed by atoms with van der Waals surface area (Å²) in [6, 6.07) is 9.58. The van der Waals surface area contributed by atoms with Crippen molar-refractivity contribution in [3.8, 4) is 5.69 Å². The zero-order chi connectivity index (χ0) is 20.1. The molecular weight excluding hydrogens is 396 g/mol. The minimum absolute atomic E-state index is 0.0790. The second-order valence-electron chi connectivity index (χ2n) is 6.40. The third kappa shape index (κ3) is 5.02. The van der Waals surface area contributed by atoms with E-state index in [0.717, 1.165) is 22.6 Å². The lowest BCUT2D eigenvalue weighted by Gasteiger charge is -2.12. The van der Waals surface area contributed by atoms with Gasteiger partial charge in [-0.25, -0.2) is 4.98 Å². The number of halogens is 1. The lowest BCUT2D eigenvalue weighted by Crippen LogP contribution is -2.25. The molecule has 0 radical (unpaired) electrons. The molecule has 1 amide bonds.